The molecule has 3 fully saturated rings. The number of rotatable bonds is 4. The summed E-state index contributed by atoms with van der Waals surface area (Å²) in [5.74, 6) is 2.32. The van der Waals surface area contributed by atoms with Crippen molar-refractivity contribution in [3.05, 3.63) is 23.8 Å². The van der Waals surface area contributed by atoms with Gasteiger partial charge < -0.3 is 24.0 Å². The lowest BCUT2D eigenvalue weighted by Gasteiger charge is -2.54. The molecule has 0 bridgehead atoms. The van der Waals surface area contributed by atoms with Gasteiger partial charge in [-0.3, -0.25) is 4.79 Å². The minimum Gasteiger partial charge on any atom is -0.497 e. The van der Waals surface area contributed by atoms with Crippen LogP contribution >= 0.6 is 0 Å². The molecule has 0 saturated carbocycles. The maximum atomic E-state index is 12.8. The molecule has 1 aromatic rings. The highest BCUT2D eigenvalue weighted by atomic mass is 16.5. The number of hydrogen-bond acceptors (Lipinski definition) is 5. The summed E-state index contributed by atoms with van der Waals surface area (Å²) in [6.07, 6.45) is 6.42. The zero-order valence-electron chi connectivity index (χ0n) is 19.9. The molecule has 4 heterocycles. The standard InChI is InChI=1S/C26H38N2O4/c1-25(2)21-17-26(18-31-24(21)20-7-6-19(30-3)16-22(20)32-25)9-14-28(15-10-26)23(29)8-13-27-11-4-5-12-27/h6-7,16,21,24H,4-5,8-15,17-18H2,1-3H3/t21-,24+/m0/s1. The normalized spacial score (nSPS) is 28.7. The zero-order chi connectivity index (χ0) is 22.3. The average Bonchev–Trinajstić information content (AvgIpc) is 3.31. The Labute approximate surface area is 192 Å². The zero-order valence-corrected chi connectivity index (χ0v) is 19.9. The Hall–Kier alpha value is -1.79. The van der Waals surface area contributed by atoms with E-state index in [0.29, 0.717) is 18.2 Å². The van der Waals surface area contributed by atoms with Crippen molar-refractivity contribution in [1.29, 1.82) is 0 Å². The number of amides is 1. The van der Waals surface area contributed by atoms with Gasteiger partial charge in [0.15, 0.2) is 0 Å². The van der Waals surface area contributed by atoms with Gasteiger partial charge in [0.25, 0.3) is 0 Å². The Morgan fingerprint density at radius 2 is 1.91 bits per heavy atom. The Balaban J connectivity index is 1.22. The molecule has 1 amide bonds. The second-order valence-corrected chi connectivity index (χ2v) is 10.8. The van der Waals surface area contributed by atoms with Crippen molar-refractivity contribution >= 4 is 5.91 Å². The molecule has 3 saturated heterocycles. The van der Waals surface area contributed by atoms with Crippen molar-refractivity contribution in [2.75, 3.05) is 46.4 Å². The van der Waals surface area contributed by atoms with Crippen LogP contribution in [0.3, 0.4) is 0 Å². The number of methoxy groups -OCH3 is 1. The van der Waals surface area contributed by atoms with E-state index in [0.717, 1.165) is 75.7 Å². The van der Waals surface area contributed by atoms with Gasteiger partial charge in [-0.1, -0.05) is 0 Å². The predicted molar refractivity (Wildman–Crippen MR) is 123 cm³/mol. The Bertz CT molecular complexity index is 840. The van der Waals surface area contributed by atoms with Gasteiger partial charge in [-0.25, -0.2) is 0 Å². The van der Waals surface area contributed by atoms with Crippen LogP contribution in [0, 0.1) is 11.3 Å². The summed E-state index contributed by atoms with van der Waals surface area (Å²) in [5, 5.41) is 0. The van der Waals surface area contributed by atoms with Crippen molar-refractivity contribution in [3.63, 3.8) is 0 Å². The van der Waals surface area contributed by atoms with Gasteiger partial charge in [-0.2, -0.15) is 0 Å². The fraction of sp³-hybridized carbons (Fsp3) is 0.731. The van der Waals surface area contributed by atoms with Crippen LogP contribution in [0.4, 0.5) is 0 Å². The Morgan fingerprint density at radius 1 is 1.16 bits per heavy atom. The number of carbonyl (C=O) groups is 1. The fourth-order valence-electron chi connectivity index (χ4n) is 6.25. The lowest BCUT2D eigenvalue weighted by molar-refractivity contribution is -0.176. The highest BCUT2D eigenvalue weighted by molar-refractivity contribution is 5.76. The van der Waals surface area contributed by atoms with E-state index in [9.17, 15) is 4.79 Å². The van der Waals surface area contributed by atoms with E-state index in [1.807, 2.05) is 12.1 Å². The molecular weight excluding hydrogens is 404 g/mol. The van der Waals surface area contributed by atoms with Gasteiger partial charge in [-0.05, 0) is 76.6 Å². The second kappa shape index (κ2) is 8.53. The van der Waals surface area contributed by atoms with Gasteiger partial charge in [-0.15, -0.1) is 0 Å². The summed E-state index contributed by atoms with van der Waals surface area (Å²) in [6.45, 7) is 10.1. The number of likely N-dealkylation sites (tertiary alicyclic amines) is 2. The highest BCUT2D eigenvalue weighted by Gasteiger charge is 2.52. The first kappa shape index (κ1) is 22.0. The third-order valence-electron chi connectivity index (χ3n) is 8.40. The summed E-state index contributed by atoms with van der Waals surface area (Å²) in [6, 6.07) is 6.07. The van der Waals surface area contributed by atoms with Crippen molar-refractivity contribution in [1.82, 2.24) is 9.80 Å². The number of fused-ring (bicyclic) bond motifs is 3. The smallest absolute Gasteiger partial charge is 0.223 e. The van der Waals surface area contributed by atoms with Crippen molar-refractivity contribution in [2.24, 2.45) is 11.3 Å². The van der Waals surface area contributed by atoms with E-state index >= 15 is 0 Å². The first-order chi connectivity index (χ1) is 15.4. The summed E-state index contributed by atoms with van der Waals surface area (Å²) in [4.78, 5) is 17.3. The van der Waals surface area contributed by atoms with Gasteiger partial charge in [0.05, 0.1) is 19.8 Å². The van der Waals surface area contributed by atoms with Crippen LogP contribution in [0.1, 0.15) is 64.0 Å². The van der Waals surface area contributed by atoms with Crippen molar-refractivity contribution < 1.29 is 19.0 Å². The maximum absolute atomic E-state index is 12.8. The lowest BCUT2D eigenvalue weighted by Crippen LogP contribution is -2.54. The van der Waals surface area contributed by atoms with Crippen LogP contribution in [0.25, 0.3) is 0 Å². The molecule has 6 nitrogen and oxygen atoms in total. The van der Waals surface area contributed by atoms with Crippen molar-refractivity contribution in [2.45, 2.75) is 64.1 Å². The lowest BCUT2D eigenvalue weighted by atomic mass is 9.64. The molecule has 2 atom stereocenters. The van der Waals surface area contributed by atoms with Crippen LogP contribution in [0.5, 0.6) is 11.5 Å². The van der Waals surface area contributed by atoms with Crippen LogP contribution < -0.4 is 9.47 Å². The molecule has 5 rings (SSSR count). The molecular formula is C26H38N2O4. The minimum absolute atomic E-state index is 0.0606. The largest absolute Gasteiger partial charge is 0.497 e. The summed E-state index contributed by atoms with van der Waals surface area (Å²) in [7, 11) is 1.68. The third kappa shape index (κ3) is 4.12. The van der Waals surface area contributed by atoms with E-state index in [1.54, 1.807) is 7.11 Å². The molecule has 0 aromatic heterocycles. The van der Waals surface area contributed by atoms with E-state index in [2.05, 4.69) is 29.7 Å². The van der Waals surface area contributed by atoms with Gasteiger partial charge >= 0.3 is 0 Å². The van der Waals surface area contributed by atoms with E-state index in [4.69, 9.17) is 14.2 Å². The molecule has 0 aliphatic carbocycles. The number of hydrogen-bond donors (Lipinski definition) is 0. The number of piperidine rings is 1. The minimum atomic E-state index is -0.305. The molecule has 0 radical (unpaired) electrons. The summed E-state index contributed by atoms with van der Waals surface area (Å²) in [5.41, 5.74) is 0.983. The average molecular weight is 443 g/mol. The van der Waals surface area contributed by atoms with Gasteiger partial charge in [0.2, 0.25) is 5.91 Å². The number of carbonyl (C=O) groups excluding carboxylic acids is 1. The number of ether oxygens (including phenoxy) is 3. The Kier molecular flexibility index (Phi) is 5.87. The monoisotopic (exact) mass is 442 g/mol. The summed E-state index contributed by atoms with van der Waals surface area (Å²) < 4.78 is 18.5. The molecule has 1 aromatic carbocycles. The Morgan fingerprint density at radius 3 is 2.62 bits per heavy atom. The van der Waals surface area contributed by atoms with Crippen LogP contribution in [-0.4, -0.2) is 67.7 Å². The topological polar surface area (TPSA) is 51.2 Å². The molecule has 0 N–H and O–H groups in total. The molecule has 4 aliphatic heterocycles. The molecule has 176 valence electrons. The second-order valence-electron chi connectivity index (χ2n) is 10.8. The predicted octanol–water partition coefficient (Wildman–Crippen LogP) is 4.04. The number of nitrogens with zero attached hydrogens (tertiary/aromatic N) is 2. The molecule has 4 aliphatic rings. The van der Waals surface area contributed by atoms with Crippen LogP contribution in [0.15, 0.2) is 18.2 Å². The first-order valence-electron chi connectivity index (χ1n) is 12.4. The van der Waals surface area contributed by atoms with Crippen LogP contribution in [-0.2, 0) is 9.53 Å². The summed E-state index contributed by atoms with van der Waals surface area (Å²) >= 11 is 0. The van der Waals surface area contributed by atoms with Crippen LogP contribution in [0.2, 0.25) is 0 Å². The number of benzene rings is 1. The SMILES string of the molecule is COc1ccc2c(c1)OC(C)(C)[C@H]1CC3(CCN(C(=O)CCN4CCCC4)CC3)CO[C@H]21. The van der Waals surface area contributed by atoms with E-state index in [-0.39, 0.29) is 17.1 Å². The first-order valence-corrected chi connectivity index (χ1v) is 12.4. The molecule has 6 heteroatoms. The quantitative estimate of drug-likeness (QED) is 0.705. The highest BCUT2D eigenvalue weighted by Crippen LogP contribution is 2.55. The third-order valence-corrected chi connectivity index (χ3v) is 8.40. The fourth-order valence-corrected chi connectivity index (χ4v) is 6.25. The van der Waals surface area contributed by atoms with E-state index in [1.165, 1.54) is 12.8 Å². The van der Waals surface area contributed by atoms with Gasteiger partial charge in [0.1, 0.15) is 17.1 Å². The molecule has 32 heavy (non-hydrogen) atoms. The maximum Gasteiger partial charge on any atom is 0.223 e. The van der Waals surface area contributed by atoms with E-state index < -0.39 is 0 Å². The molecule has 1 spiro atoms. The van der Waals surface area contributed by atoms with Gasteiger partial charge in [0, 0.05) is 43.6 Å². The molecule has 0 unspecified atom stereocenters. The van der Waals surface area contributed by atoms with Crippen molar-refractivity contribution in [3.8, 4) is 11.5 Å².